The lowest BCUT2D eigenvalue weighted by molar-refractivity contribution is 0.425. The van der Waals surface area contributed by atoms with Crippen LogP contribution in [0.5, 0.6) is 0 Å². The first-order valence-corrected chi connectivity index (χ1v) is 4.07. The molecule has 1 heterocycles. The lowest BCUT2D eigenvalue weighted by Crippen LogP contribution is -2.33. The zero-order valence-electron chi connectivity index (χ0n) is 7.16. The molecule has 68 valence electrons. The Kier molecular flexibility index (Phi) is 3.09. The Labute approximate surface area is 81.8 Å². The second-order valence-corrected chi connectivity index (χ2v) is 3.14. The highest BCUT2D eigenvalue weighted by molar-refractivity contribution is 6.63. The summed E-state index contributed by atoms with van der Waals surface area (Å²) in [5.41, 5.74) is 1.52. The van der Waals surface area contributed by atoms with E-state index in [0.717, 1.165) is 0 Å². The van der Waals surface area contributed by atoms with Gasteiger partial charge in [0.05, 0.1) is 5.02 Å². The number of rotatable bonds is 2. The Balaban J connectivity index is 3.34. The fraction of sp³-hybridized carbons (Fsp3) is 0.125. The molecule has 1 aromatic rings. The van der Waals surface area contributed by atoms with Crippen LogP contribution >= 0.6 is 11.6 Å². The summed E-state index contributed by atoms with van der Waals surface area (Å²) in [6.45, 7) is 5.44. The molecule has 0 amide bonds. The molecule has 0 radical (unpaired) electrons. The van der Waals surface area contributed by atoms with E-state index < -0.39 is 7.12 Å². The van der Waals surface area contributed by atoms with Gasteiger partial charge in [-0.25, -0.2) is 0 Å². The summed E-state index contributed by atoms with van der Waals surface area (Å²) >= 11 is 5.74. The van der Waals surface area contributed by atoms with Crippen LogP contribution < -0.4 is 5.46 Å². The predicted molar refractivity (Wildman–Crippen MR) is 53.8 cm³/mol. The number of hydrogen-bond acceptors (Lipinski definition) is 3. The summed E-state index contributed by atoms with van der Waals surface area (Å²) in [5.74, 6) is 0. The first-order chi connectivity index (χ1) is 6.04. The first-order valence-electron chi connectivity index (χ1n) is 3.69. The third-order valence-electron chi connectivity index (χ3n) is 1.66. The SMILES string of the molecule is C=C(C)c1cncc(Cl)c1B(O)O. The topological polar surface area (TPSA) is 53.4 Å². The molecule has 3 nitrogen and oxygen atoms in total. The fourth-order valence-electron chi connectivity index (χ4n) is 1.05. The normalized spacial score (nSPS) is 9.85. The maximum atomic E-state index is 9.04. The lowest BCUT2D eigenvalue weighted by Gasteiger charge is -2.08. The molecule has 5 heteroatoms. The van der Waals surface area contributed by atoms with Gasteiger partial charge >= 0.3 is 7.12 Å². The van der Waals surface area contributed by atoms with Gasteiger partial charge in [0.1, 0.15) is 0 Å². The van der Waals surface area contributed by atoms with Crippen LogP contribution in [0, 0.1) is 0 Å². The highest BCUT2D eigenvalue weighted by Gasteiger charge is 2.20. The number of aromatic nitrogens is 1. The largest absolute Gasteiger partial charge is 0.490 e. The van der Waals surface area contributed by atoms with Gasteiger partial charge in [0.25, 0.3) is 0 Å². The quantitative estimate of drug-likeness (QED) is 0.677. The van der Waals surface area contributed by atoms with Gasteiger partial charge in [-0.3, -0.25) is 4.98 Å². The van der Waals surface area contributed by atoms with Crippen molar-refractivity contribution in [2.75, 3.05) is 0 Å². The van der Waals surface area contributed by atoms with Gasteiger partial charge in [0.15, 0.2) is 0 Å². The van der Waals surface area contributed by atoms with E-state index in [1.165, 1.54) is 12.4 Å². The Hall–Kier alpha value is -0.835. The molecular weight excluding hydrogens is 188 g/mol. The van der Waals surface area contributed by atoms with Crippen molar-refractivity contribution in [1.29, 1.82) is 0 Å². The summed E-state index contributed by atoms with van der Waals surface area (Å²) in [6.07, 6.45) is 2.87. The van der Waals surface area contributed by atoms with Gasteiger partial charge in [-0.1, -0.05) is 18.2 Å². The maximum absolute atomic E-state index is 9.04. The number of nitrogens with zero attached hydrogens (tertiary/aromatic N) is 1. The molecule has 0 unspecified atom stereocenters. The van der Waals surface area contributed by atoms with Crippen LogP contribution in [0.4, 0.5) is 0 Å². The van der Waals surface area contributed by atoms with E-state index in [-0.39, 0.29) is 10.5 Å². The highest BCUT2D eigenvalue weighted by Crippen LogP contribution is 2.13. The summed E-state index contributed by atoms with van der Waals surface area (Å²) in [7, 11) is -1.60. The number of halogens is 1. The molecule has 0 bridgehead atoms. The Bertz CT molecular complexity index is 341. The molecule has 0 atom stereocenters. The van der Waals surface area contributed by atoms with Crippen molar-refractivity contribution in [1.82, 2.24) is 4.98 Å². The van der Waals surface area contributed by atoms with Crippen LogP contribution in [0.3, 0.4) is 0 Å². The Morgan fingerprint density at radius 2 is 2.15 bits per heavy atom. The minimum Gasteiger partial charge on any atom is -0.423 e. The van der Waals surface area contributed by atoms with E-state index in [1.54, 1.807) is 6.92 Å². The van der Waals surface area contributed by atoms with Crippen molar-refractivity contribution in [2.45, 2.75) is 6.92 Å². The third-order valence-corrected chi connectivity index (χ3v) is 1.96. The molecule has 0 spiro atoms. The van der Waals surface area contributed by atoms with Gasteiger partial charge in [-0.2, -0.15) is 0 Å². The molecule has 0 saturated carbocycles. The van der Waals surface area contributed by atoms with E-state index in [9.17, 15) is 0 Å². The van der Waals surface area contributed by atoms with Crippen LogP contribution in [0.2, 0.25) is 5.02 Å². The van der Waals surface area contributed by atoms with E-state index in [4.69, 9.17) is 21.6 Å². The fourth-order valence-corrected chi connectivity index (χ4v) is 1.30. The monoisotopic (exact) mass is 197 g/mol. The number of allylic oxidation sites excluding steroid dienone is 1. The minimum atomic E-state index is -1.60. The highest BCUT2D eigenvalue weighted by atomic mass is 35.5. The second kappa shape index (κ2) is 3.92. The summed E-state index contributed by atoms with van der Waals surface area (Å²) in [4.78, 5) is 3.83. The molecule has 13 heavy (non-hydrogen) atoms. The molecule has 0 fully saturated rings. The van der Waals surface area contributed by atoms with Crippen molar-refractivity contribution < 1.29 is 10.0 Å². The minimum absolute atomic E-state index is 0.232. The van der Waals surface area contributed by atoms with Gasteiger partial charge in [-0.05, 0) is 18.1 Å². The molecule has 0 saturated heterocycles. The van der Waals surface area contributed by atoms with E-state index >= 15 is 0 Å². The zero-order chi connectivity index (χ0) is 10.0. The van der Waals surface area contributed by atoms with Gasteiger partial charge in [0, 0.05) is 17.9 Å². The molecule has 2 N–H and O–H groups in total. The predicted octanol–water partition coefficient (Wildman–Crippen LogP) is 0.448. The van der Waals surface area contributed by atoms with Crippen LogP contribution in [-0.2, 0) is 0 Å². The molecule has 0 aliphatic carbocycles. The molecule has 0 aromatic carbocycles. The van der Waals surface area contributed by atoms with Crippen molar-refractivity contribution in [3.63, 3.8) is 0 Å². The van der Waals surface area contributed by atoms with Crippen molar-refractivity contribution in [3.05, 3.63) is 29.6 Å². The van der Waals surface area contributed by atoms with Crippen molar-refractivity contribution in [3.8, 4) is 0 Å². The van der Waals surface area contributed by atoms with Crippen LogP contribution in [-0.4, -0.2) is 22.2 Å². The van der Waals surface area contributed by atoms with E-state index in [2.05, 4.69) is 11.6 Å². The first kappa shape index (κ1) is 10.2. The molecule has 0 aliphatic rings. The Morgan fingerprint density at radius 1 is 1.54 bits per heavy atom. The summed E-state index contributed by atoms with van der Waals surface area (Å²) in [6, 6.07) is 0. The Morgan fingerprint density at radius 3 is 2.54 bits per heavy atom. The third kappa shape index (κ3) is 2.09. The molecule has 0 aliphatic heterocycles. The van der Waals surface area contributed by atoms with Crippen LogP contribution in [0.25, 0.3) is 5.57 Å². The standard InChI is InChI=1S/C8H9BClNO2/c1-5(2)6-3-11-4-7(10)8(6)9(12)13/h3-4,12-13H,1H2,2H3. The second-order valence-electron chi connectivity index (χ2n) is 2.74. The number of pyridine rings is 1. The molecular formula is C8H9BClNO2. The van der Waals surface area contributed by atoms with Crippen molar-refractivity contribution >= 4 is 29.8 Å². The van der Waals surface area contributed by atoms with E-state index in [0.29, 0.717) is 11.1 Å². The van der Waals surface area contributed by atoms with E-state index in [1.807, 2.05) is 0 Å². The lowest BCUT2D eigenvalue weighted by atomic mass is 9.76. The zero-order valence-corrected chi connectivity index (χ0v) is 7.91. The average molecular weight is 197 g/mol. The van der Waals surface area contributed by atoms with Crippen LogP contribution in [0.15, 0.2) is 19.0 Å². The molecule has 1 aromatic heterocycles. The summed E-state index contributed by atoms with van der Waals surface area (Å²) in [5, 5.41) is 18.3. The van der Waals surface area contributed by atoms with Gasteiger partial charge in [0.2, 0.25) is 0 Å². The van der Waals surface area contributed by atoms with Crippen molar-refractivity contribution in [2.24, 2.45) is 0 Å². The van der Waals surface area contributed by atoms with Gasteiger partial charge < -0.3 is 10.0 Å². The maximum Gasteiger partial charge on any atom is 0.490 e. The van der Waals surface area contributed by atoms with Gasteiger partial charge in [-0.15, -0.1) is 0 Å². The smallest absolute Gasteiger partial charge is 0.423 e. The summed E-state index contributed by atoms with van der Waals surface area (Å²) < 4.78 is 0. The van der Waals surface area contributed by atoms with Crippen LogP contribution in [0.1, 0.15) is 12.5 Å². The average Bonchev–Trinajstić information content (AvgIpc) is 2.02. The molecule has 1 rings (SSSR count). The number of hydrogen-bond donors (Lipinski definition) is 2.